The Morgan fingerprint density at radius 2 is 2.12 bits per heavy atom. The van der Waals surface area contributed by atoms with Crippen molar-refractivity contribution in [2.45, 2.75) is 0 Å². The molecule has 7 nitrogen and oxygen atoms in total. The largest absolute Gasteiger partial charge is 0.337 e. The average Bonchev–Trinajstić information content (AvgIpc) is 2.98. The van der Waals surface area contributed by atoms with Crippen molar-refractivity contribution in [1.29, 1.82) is 0 Å². The fourth-order valence-electron chi connectivity index (χ4n) is 1.93. The van der Waals surface area contributed by atoms with Crippen LogP contribution >= 0.6 is 0 Å². The summed E-state index contributed by atoms with van der Waals surface area (Å²) in [6.07, 6.45) is 3.70. The van der Waals surface area contributed by atoms with E-state index in [4.69, 9.17) is 0 Å². The van der Waals surface area contributed by atoms with Gasteiger partial charge in [0.2, 0.25) is 5.95 Å². The summed E-state index contributed by atoms with van der Waals surface area (Å²) in [6, 6.07) is 0. The van der Waals surface area contributed by atoms with Crippen molar-refractivity contribution in [1.82, 2.24) is 30.3 Å². The molecule has 0 atom stereocenters. The van der Waals surface area contributed by atoms with Crippen molar-refractivity contribution in [2.75, 3.05) is 31.1 Å². The Kier molecular flexibility index (Phi) is 2.52. The highest BCUT2D eigenvalue weighted by atomic mass is 15.4. The number of aromatic nitrogens is 5. The minimum Gasteiger partial charge on any atom is -0.337 e. The molecule has 0 saturated carbocycles. The zero-order chi connectivity index (χ0) is 11.7. The summed E-state index contributed by atoms with van der Waals surface area (Å²) in [4.78, 5) is 6.67. The van der Waals surface area contributed by atoms with Crippen LogP contribution in [0.1, 0.15) is 0 Å². The summed E-state index contributed by atoms with van der Waals surface area (Å²) >= 11 is 0. The third kappa shape index (κ3) is 2.01. The van der Waals surface area contributed by atoms with E-state index < -0.39 is 0 Å². The van der Waals surface area contributed by atoms with E-state index in [0.717, 1.165) is 43.5 Å². The van der Waals surface area contributed by atoms with Gasteiger partial charge in [-0.2, -0.15) is 10.1 Å². The normalized spacial score (nSPS) is 16.4. The van der Waals surface area contributed by atoms with Gasteiger partial charge >= 0.3 is 0 Å². The Morgan fingerprint density at radius 1 is 1.29 bits per heavy atom. The molecule has 1 saturated heterocycles. The predicted octanol–water partition coefficient (Wildman–Crippen LogP) is -0.385. The first-order valence-electron chi connectivity index (χ1n) is 5.70. The quantitative estimate of drug-likeness (QED) is 0.739. The Bertz CT molecular complexity index is 494. The van der Waals surface area contributed by atoms with Crippen LogP contribution in [0, 0.1) is 0 Å². The van der Waals surface area contributed by atoms with Crippen LogP contribution in [0.25, 0.3) is 11.4 Å². The summed E-state index contributed by atoms with van der Waals surface area (Å²) in [7, 11) is 1.89. The second-order valence-corrected chi connectivity index (χ2v) is 4.12. The van der Waals surface area contributed by atoms with Gasteiger partial charge in [-0.3, -0.25) is 9.78 Å². The summed E-state index contributed by atoms with van der Waals surface area (Å²) in [5, 5.41) is 14.6. The van der Waals surface area contributed by atoms with Gasteiger partial charge in [-0.1, -0.05) is 0 Å². The topological polar surface area (TPSA) is 74.7 Å². The molecule has 0 amide bonds. The minimum absolute atomic E-state index is 0.769. The molecule has 0 aliphatic carbocycles. The van der Waals surface area contributed by atoms with Crippen LogP contribution in [0.4, 0.5) is 5.95 Å². The molecule has 0 aromatic carbocycles. The summed E-state index contributed by atoms with van der Waals surface area (Å²) in [5.41, 5.74) is 0.960. The lowest BCUT2D eigenvalue weighted by atomic mass is 10.3. The minimum atomic E-state index is 0.769. The van der Waals surface area contributed by atoms with Crippen LogP contribution < -0.4 is 10.2 Å². The molecule has 17 heavy (non-hydrogen) atoms. The first-order valence-corrected chi connectivity index (χ1v) is 5.70. The van der Waals surface area contributed by atoms with E-state index in [1.807, 2.05) is 13.2 Å². The zero-order valence-corrected chi connectivity index (χ0v) is 9.72. The molecule has 0 bridgehead atoms. The molecular formula is C10H15N7. The number of nitrogens with zero attached hydrogens (tertiary/aromatic N) is 5. The molecule has 2 aromatic rings. The highest BCUT2D eigenvalue weighted by molar-refractivity contribution is 5.53. The number of anilines is 1. The van der Waals surface area contributed by atoms with E-state index in [2.05, 4.69) is 30.5 Å². The highest BCUT2D eigenvalue weighted by Gasteiger charge is 2.15. The molecule has 2 N–H and O–H groups in total. The van der Waals surface area contributed by atoms with Crippen molar-refractivity contribution in [2.24, 2.45) is 7.05 Å². The first kappa shape index (κ1) is 10.3. The van der Waals surface area contributed by atoms with Crippen LogP contribution in [0.2, 0.25) is 0 Å². The van der Waals surface area contributed by atoms with Crippen molar-refractivity contribution < 1.29 is 0 Å². The number of aryl methyl sites for hydroxylation is 1. The molecule has 2 aromatic heterocycles. The average molecular weight is 233 g/mol. The number of aromatic amines is 1. The van der Waals surface area contributed by atoms with Crippen LogP contribution in [-0.4, -0.2) is 51.1 Å². The van der Waals surface area contributed by atoms with E-state index >= 15 is 0 Å². The van der Waals surface area contributed by atoms with Crippen molar-refractivity contribution in [3.8, 4) is 11.4 Å². The van der Waals surface area contributed by atoms with Gasteiger partial charge in [-0.25, -0.2) is 0 Å². The van der Waals surface area contributed by atoms with Crippen LogP contribution in [0.15, 0.2) is 12.4 Å². The molecule has 3 rings (SSSR count). The van der Waals surface area contributed by atoms with E-state index in [-0.39, 0.29) is 0 Å². The summed E-state index contributed by atoms with van der Waals surface area (Å²) in [5.74, 6) is 1.54. The molecule has 1 aliphatic heterocycles. The maximum absolute atomic E-state index is 4.50. The number of hydrogen-bond donors (Lipinski definition) is 2. The van der Waals surface area contributed by atoms with Crippen LogP contribution in [0.3, 0.4) is 0 Å². The Balaban J connectivity index is 1.82. The molecule has 1 aliphatic rings. The molecule has 7 heteroatoms. The van der Waals surface area contributed by atoms with Crippen molar-refractivity contribution in [3.05, 3.63) is 12.4 Å². The lowest BCUT2D eigenvalue weighted by molar-refractivity contribution is 0.580. The van der Waals surface area contributed by atoms with Gasteiger partial charge in [0.15, 0.2) is 5.82 Å². The Morgan fingerprint density at radius 3 is 2.82 bits per heavy atom. The van der Waals surface area contributed by atoms with Gasteiger partial charge in [-0.15, -0.1) is 5.10 Å². The Labute approximate surface area is 98.8 Å². The maximum Gasteiger partial charge on any atom is 0.245 e. The van der Waals surface area contributed by atoms with E-state index in [9.17, 15) is 0 Å². The summed E-state index contributed by atoms with van der Waals surface area (Å²) in [6.45, 7) is 3.86. The number of piperazine rings is 1. The number of nitrogens with one attached hydrogen (secondary N) is 2. The van der Waals surface area contributed by atoms with E-state index in [1.54, 1.807) is 10.9 Å². The van der Waals surface area contributed by atoms with E-state index in [0.29, 0.717) is 0 Å². The van der Waals surface area contributed by atoms with Gasteiger partial charge in [0.05, 0.1) is 11.8 Å². The highest BCUT2D eigenvalue weighted by Crippen LogP contribution is 2.16. The van der Waals surface area contributed by atoms with Crippen molar-refractivity contribution >= 4 is 5.95 Å². The molecule has 90 valence electrons. The van der Waals surface area contributed by atoms with Gasteiger partial charge in [0, 0.05) is 39.4 Å². The predicted molar refractivity (Wildman–Crippen MR) is 63.7 cm³/mol. The molecule has 0 radical (unpaired) electrons. The molecular weight excluding hydrogens is 218 g/mol. The third-order valence-corrected chi connectivity index (χ3v) is 2.85. The summed E-state index contributed by atoms with van der Waals surface area (Å²) < 4.78 is 1.75. The van der Waals surface area contributed by atoms with Gasteiger partial charge in [-0.05, 0) is 0 Å². The lowest BCUT2D eigenvalue weighted by Crippen LogP contribution is -2.44. The smallest absolute Gasteiger partial charge is 0.245 e. The second kappa shape index (κ2) is 4.17. The molecule has 3 heterocycles. The molecule has 0 unspecified atom stereocenters. The van der Waals surface area contributed by atoms with Gasteiger partial charge in [0.1, 0.15) is 0 Å². The van der Waals surface area contributed by atoms with E-state index in [1.165, 1.54) is 0 Å². The third-order valence-electron chi connectivity index (χ3n) is 2.85. The van der Waals surface area contributed by atoms with Crippen molar-refractivity contribution in [3.63, 3.8) is 0 Å². The molecule has 1 fully saturated rings. The number of rotatable bonds is 2. The number of hydrogen-bond acceptors (Lipinski definition) is 5. The molecule has 0 spiro atoms. The fourth-order valence-corrected chi connectivity index (χ4v) is 1.93. The fraction of sp³-hybridized carbons (Fsp3) is 0.500. The zero-order valence-electron chi connectivity index (χ0n) is 9.72. The Hall–Kier alpha value is -1.89. The number of H-pyrrole nitrogens is 1. The maximum atomic E-state index is 4.50. The monoisotopic (exact) mass is 233 g/mol. The lowest BCUT2D eigenvalue weighted by Gasteiger charge is -2.25. The SMILES string of the molecule is Cn1cc(-c2nc(N3CCNCC3)n[nH]2)cn1. The second-order valence-electron chi connectivity index (χ2n) is 4.12. The first-order chi connectivity index (χ1) is 8.33. The van der Waals surface area contributed by atoms with Crippen LogP contribution in [-0.2, 0) is 7.05 Å². The van der Waals surface area contributed by atoms with Gasteiger partial charge < -0.3 is 10.2 Å². The standard InChI is InChI=1S/C10H15N7/c1-16-7-8(6-12-16)9-13-10(15-14-9)17-4-2-11-3-5-17/h6-7,11H,2-5H2,1H3,(H,13,14,15). The van der Waals surface area contributed by atoms with Crippen LogP contribution in [0.5, 0.6) is 0 Å². The van der Waals surface area contributed by atoms with Gasteiger partial charge in [0.25, 0.3) is 0 Å².